The van der Waals surface area contributed by atoms with Crippen LogP contribution in [0.1, 0.15) is 46.4 Å². The number of fused-ring (bicyclic) bond motifs is 1. The molecule has 1 fully saturated rings. The van der Waals surface area contributed by atoms with Crippen LogP contribution >= 0.6 is 23.2 Å². The maximum Gasteiger partial charge on any atom is 0.220 e. The zero-order chi connectivity index (χ0) is 32.3. The number of β-amino-alcohol motifs (C(OH)–C–C–N with tert-alkyl or cyclic N) is 1. The number of rotatable bonds is 11. The van der Waals surface area contributed by atoms with Crippen molar-refractivity contribution in [2.24, 2.45) is 0 Å². The zero-order valence-corrected chi connectivity index (χ0v) is 27.7. The highest BCUT2D eigenvalue weighted by atomic mass is 35.5. The largest absolute Gasteiger partial charge is 0.496 e. The van der Waals surface area contributed by atoms with E-state index in [-0.39, 0.29) is 18.6 Å². The monoisotopic (exact) mass is 662 g/mol. The molecule has 2 unspecified atom stereocenters. The van der Waals surface area contributed by atoms with Crippen molar-refractivity contribution in [3.8, 4) is 11.6 Å². The Hall–Kier alpha value is -3.40. The molecule has 1 amide bonds. The highest BCUT2D eigenvalue weighted by Gasteiger charge is 2.45. The normalized spacial score (nSPS) is 22.7. The molecule has 3 atom stereocenters. The predicted octanol–water partition coefficient (Wildman–Crippen LogP) is 5.02. The molecule has 6 rings (SSSR count). The number of ether oxygens (including phenoxy) is 2. The van der Waals surface area contributed by atoms with Crippen LogP contribution in [0.3, 0.4) is 0 Å². The van der Waals surface area contributed by atoms with Crippen molar-refractivity contribution in [2.45, 2.75) is 49.2 Å². The summed E-state index contributed by atoms with van der Waals surface area (Å²) in [6.07, 6.45) is 8.40. The van der Waals surface area contributed by atoms with Gasteiger partial charge in [-0.1, -0.05) is 60.2 Å². The Kier molecular flexibility index (Phi) is 10.0. The molecule has 3 N–H and O–H groups in total. The van der Waals surface area contributed by atoms with Crippen LogP contribution < -0.4 is 20.1 Å². The SMILES string of the molecule is COc1cc(C2(c3ccc(CNC[C@H]4CCC(=O)N4)c(OC)n3)C=CC=C(c3ccccc3Cl)C2Cl)cc2c1CN(CCO)CC2. The predicted molar refractivity (Wildman–Crippen MR) is 182 cm³/mol. The van der Waals surface area contributed by atoms with E-state index in [0.717, 1.165) is 58.7 Å². The van der Waals surface area contributed by atoms with E-state index in [4.69, 9.17) is 37.7 Å². The fourth-order valence-corrected chi connectivity index (χ4v) is 7.65. The second kappa shape index (κ2) is 14.2. The molecule has 1 aromatic heterocycles. The average molecular weight is 664 g/mol. The van der Waals surface area contributed by atoms with E-state index in [9.17, 15) is 9.90 Å². The van der Waals surface area contributed by atoms with Crippen LogP contribution in [0.2, 0.25) is 5.02 Å². The highest BCUT2D eigenvalue weighted by Crippen LogP contribution is 2.50. The van der Waals surface area contributed by atoms with Gasteiger partial charge >= 0.3 is 0 Å². The van der Waals surface area contributed by atoms with Crippen molar-refractivity contribution in [1.29, 1.82) is 0 Å². The van der Waals surface area contributed by atoms with Gasteiger partial charge in [-0.05, 0) is 53.3 Å². The number of aromatic nitrogens is 1. The number of aliphatic hydroxyl groups excluding tert-OH is 1. The van der Waals surface area contributed by atoms with Gasteiger partial charge in [-0.25, -0.2) is 4.98 Å². The minimum atomic E-state index is -0.886. The third-order valence-electron chi connectivity index (χ3n) is 9.33. The summed E-state index contributed by atoms with van der Waals surface area (Å²) in [4.78, 5) is 19.0. The van der Waals surface area contributed by atoms with Gasteiger partial charge in [-0.15, -0.1) is 11.6 Å². The quantitative estimate of drug-likeness (QED) is 0.248. The minimum Gasteiger partial charge on any atom is -0.496 e. The van der Waals surface area contributed by atoms with Gasteiger partial charge in [-0.2, -0.15) is 0 Å². The molecule has 2 aliphatic heterocycles. The molecule has 0 bridgehead atoms. The third kappa shape index (κ3) is 6.29. The number of pyridine rings is 1. The Labute approximate surface area is 280 Å². The van der Waals surface area contributed by atoms with Crippen LogP contribution in [0.4, 0.5) is 0 Å². The molecule has 8 nitrogen and oxygen atoms in total. The van der Waals surface area contributed by atoms with Crippen molar-refractivity contribution >= 4 is 34.7 Å². The van der Waals surface area contributed by atoms with E-state index in [1.165, 1.54) is 5.56 Å². The van der Waals surface area contributed by atoms with E-state index >= 15 is 0 Å². The van der Waals surface area contributed by atoms with Gasteiger partial charge in [-0.3, -0.25) is 9.69 Å². The van der Waals surface area contributed by atoms with Crippen molar-refractivity contribution in [1.82, 2.24) is 20.5 Å². The fraction of sp³-hybridized carbons (Fsp3) is 0.389. The van der Waals surface area contributed by atoms with Gasteiger partial charge in [0.1, 0.15) is 5.75 Å². The van der Waals surface area contributed by atoms with Crippen LogP contribution in [0.25, 0.3) is 5.57 Å². The van der Waals surface area contributed by atoms with Crippen molar-refractivity contribution < 1.29 is 19.4 Å². The molecule has 1 aliphatic carbocycles. The Morgan fingerprint density at radius 2 is 2.00 bits per heavy atom. The van der Waals surface area contributed by atoms with E-state index in [1.54, 1.807) is 14.2 Å². The van der Waals surface area contributed by atoms with Crippen LogP contribution in [0.5, 0.6) is 11.6 Å². The summed E-state index contributed by atoms with van der Waals surface area (Å²) in [6.45, 7) is 3.49. The number of halogens is 2. The number of amides is 1. The lowest BCUT2D eigenvalue weighted by Gasteiger charge is -2.40. The van der Waals surface area contributed by atoms with E-state index < -0.39 is 10.8 Å². The first-order chi connectivity index (χ1) is 22.4. The second-order valence-corrected chi connectivity index (χ2v) is 12.9. The number of hydrogen-bond acceptors (Lipinski definition) is 7. The molecule has 3 heterocycles. The zero-order valence-electron chi connectivity index (χ0n) is 26.2. The number of benzene rings is 2. The lowest BCUT2D eigenvalue weighted by molar-refractivity contribution is -0.119. The summed E-state index contributed by atoms with van der Waals surface area (Å²) in [5.74, 6) is 1.39. The molecule has 3 aliphatic rings. The summed E-state index contributed by atoms with van der Waals surface area (Å²) in [7, 11) is 3.32. The lowest BCUT2D eigenvalue weighted by atomic mass is 9.68. The Balaban J connectivity index is 1.43. The van der Waals surface area contributed by atoms with Crippen molar-refractivity contribution in [3.63, 3.8) is 0 Å². The number of carbonyl (C=O) groups excluding carboxylic acids is 1. The number of aliphatic hydroxyl groups is 1. The number of allylic oxidation sites excluding steroid dienone is 4. The summed E-state index contributed by atoms with van der Waals surface area (Å²) in [5.41, 5.74) is 5.81. The third-order valence-corrected chi connectivity index (χ3v) is 10.2. The number of carbonyl (C=O) groups is 1. The first-order valence-electron chi connectivity index (χ1n) is 15.7. The molecule has 0 radical (unpaired) electrons. The first kappa shape index (κ1) is 32.5. The Morgan fingerprint density at radius 1 is 1.15 bits per heavy atom. The molecule has 0 spiro atoms. The summed E-state index contributed by atoms with van der Waals surface area (Å²) in [6, 6.07) is 16.3. The molecular weight excluding hydrogens is 623 g/mol. The van der Waals surface area contributed by atoms with Gasteiger partial charge in [0.15, 0.2) is 0 Å². The number of methoxy groups -OCH3 is 2. The molecule has 10 heteroatoms. The van der Waals surface area contributed by atoms with Crippen molar-refractivity contribution in [3.05, 3.63) is 105 Å². The van der Waals surface area contributed by atoms with E-state index in [1.807, 2.05) is 48.6 Å². The maximum absolute atomic E-state index is 11.6. The summed E-state index contributed by atoms with van der Waals surface area (Å²) < 4.78 is 11.9. The summed E-state index contributed by atoms with van der Waals surface area (Å²) >= 11 is 14.4. The topological polar surface area (TPSA) is 96.0 Å². The number of nitrogens with one attached hydrogen (secondary N) is 2. The number of alkyl halides is 1. The van der Waals surface area contributed by atoms with Gasteiger partial charge in [0.05, 0.1) is 37.3 Å². The Bertz CT molecular complexity index is 1640. The molecular formula is C36H40Cl2N4O4. The van der Waals surface area contributed by atoms with Crippen LogP contribution in [0, 0.1) is 0 Å². The first-order valence-corrected chi connectivity index (χ1v) is 16.6. The Morgan fingerprint density at radius 3 is 2.74 bits per heavy atom. The van der Waals surface area contributed by atoms with Gasteiger partial charge in [0.25, 0.3) is 0 Å². The summed E-state index contributed by atoms with van der Waals surface area (Å²) in [5, 5.41) is 16.1. The van der Waals surface area contributed by atoms with Crippen molar-refractivity contribution in [2.75, 3.05) is 40.5 Å². The molecule has 2 aromatic carbocycles. The fourth-order valence-electron chi connectivity index (χ4n) is 6.91. The van der Waals surface area contributed by atoms with E-state index in [2.05, 4.69) is 33.7 Å². The molecule has 0 saturated carbocycles. The number of nitrogens with zero attached hydrogens (tertiary/aromatic N) is 2. The van der Waals surface area contributed by atoms with Crippen LogP contribution in [-0.2, 0) is 29.7 Å². The second-order valence-electron chi connectivity index (χ2n) is 12.1. The molecule has 46 heavy (non-hydrogen) atoms. The van der Waals surface area contributed by atoms with Crippen LogP contribution in [-0.4, -0.2) is 72.8 Å². The highest BCUT2D eigenvalue weighted by molar-refractivity contribution is 6.34. The van der Waals surface area contributed by atoms with E-state index in [0.29, 0.717) is 43.5 Å². The maximum atomic E-state index is 11.6. The lowest BCUT2D eigenvalue weighted by Crippen LogP contribution is -2.40. The van der Waals surface area contributed by atoms with Crippen LogP contribution in [0.15, 0.2) is 66.8 Å². The average Bonchev–Trinajstić information content (AvgIpc) is 3.49. The van der Waals surface area contributed by atoms with Gasteiger partial charge in [0, 0.05) is 61.3 Å². The standard InChI is InChI=1S/C36H40Cl2N4O4/c1-45-31-19-25(18-23-13-15-42(16-17-43)22-29(23)31)36(14-5-7-28(34(36)38)27-6-3-4-8-30(27)37)32-11-9-24(35(41-32)46-2)20-39-21-26-10-12-33(44)40-26/h3-9,11,14,18-19,26,34,39,43H,10,12-13,15-17,20-22H2,1-2H3,(H,40,44)/t26-,34?,36?/m1/s1. The molecule has 3 aromatic rings. The number of hydrogen-bond donors (Lipinski definition) is 3. The smallest absolute Gasteiger partial charge is 0.220 e. The van der Waals surface area contributed by atoms with Gasteiger partial charge in [0.2, 0.25) is 11.8 Å². The molecule has 242 valence electrons. The minimum absolute atomic E-state index is 0.100. The molecule has 1 saturated heterocycles. The van der Waals surface area contributed by atoms with Gasteiger partial charge < -0.3 is 25.2 Å².